The van der Waals surface area contributed by atoms with Crippen molar-refractivity contribution in [3.63, 3.8) is 0 Å². The Hall–Kier alpha value is -2.93. The van der Waals surface area contributed by atoms with Crippen LogP contribution in [-0.4, -0.2) is 21.3 Å². The minimum Gasteiger partial charge on any atom is -0.289 e. The fourth-order valence-corrected chi connectivity index (χ4v) is 2.31. The molecular weight excluding hydrogens is 264 g/mol. The molecule has 0 unspecified atom stereocenters. The van der Waals surface area contributed by atoms with Crippen LogP contribution in [0.1, 0.15) is 37.5 Å². The van der Waals surface area contributed by atoms with E-state index >= 15 is 0 Å². The maximum absolute atomic E-state index is 12.0. The number of carbonyl (C=O) groups is 2. The number of nitrogens with zero attached hydrogens (tertiary/aromatic N) is 2. The van der Waals surface area contributed by atoms with Crippen LogP contribution in [0, 0.1) is 18.8 Å². The molecule has 2 aromatic rings. The molecule has 1 aromatic carbocycles. The highest BCUT2D eigenvalue weighted by molar-refractivity contribution is 6.22. The van der Waals surface area contributed by atoms with Gasteiger partial charge in [0.1, 0.15) is 0 Å². The van der Waals surface area contributed by atoms with Crippen molar-refractivity contribution in [2.45, 2.75) is 6.92 Å². The van der Waals surface area contributed by atoms with Crippen LogP contribution in [0.25, 0.3) is 0 Å². The number of fused-ring (bicyclic) bond motifs is 1. The monoisotopic (exact) mass is 276 g/mol. The lowest BCUT2D eigenvalue weighted by Gasteiger charge is -2.10. The van der Waals surface area contributed by atoms with Crippen molar-refractivity contribution in [1.29, 1.82) is 0 Å². The maximum atomic E-state index is 12.0. The van der Waals surface area contributed by atoms with Gasteiger partial charge >= 0.3 is 0 Å². The van der Waals surface area contributed by atoms with Crippen LogP contribution in [-0.2, 0) is 7.05 Å². The molecule has 0 saturated carbocycles. The third-order valence-corrected chi connectivity index (χ3v) is 3.31. The first-order chi connectivity index (χ1) is 10.1. The van der Waals surface area contributed by atoms with E-state index < -0.39 is 0 Å². The van der Waals surface area contributed by atoms with Gasteiger partial charge in [0, 0.05) is 29.9 Å². The van der Waals surface area contributed by atoms with Crippen molar-refractivity contribution in [3.8, 4) is 11.8 Å². The lowest BCUT2D eigenvalue weighted by atomic mass is 9.91. The van der Waals surface area contributed by atoms with Gasteiger partial charge in [-0.05, 0) is 25.1 Å². The Labute approximate surface area is 122 Å². The van der Waals surface area contributed by atoms with Gasteiger partial charge in [0.2, 0.25) is 0 Å². The minimum atomic E-state index is -0.183. The Kier molecular flexibility index (Phi) is 3.03. The summed E-state index contributed by atoms with van der Waals surface area (Å²) in [5, 5.41) is 4.22. The Morgan fingerprint density at radius 3 is 2.48 bits per heavy atom. The first-order valence-electron chi connectivity index (χ1n) is 6.48. The molecule has 0 aliphatic heterocycles. The number of aryl methyl sites for hydroxylation is 2. The zero-order valence-electron chi connectivity index (χ0n) is 11.7. The number of hydrogen-bond donors (Lipinski definition) is 0. The Balaban J connectivity index is 2.11. The molecule has 4 nitrogen and oxygen atoms in total. The SMILES string of the molecule is Cc1nn(C)cc1C#Cc1cccc2c1C(=O)C=CC2=O. The van der Waals surface area contributed by atoms with Crippen LogP contribution in [0.3, 0.4) is 0 Å². The van der Waals surface area contributed by atoms with E-state index in [4.69, 9.17) is 0 Å². The highest BCUT2D eigenvalue weighted by Gasteiger charge is 2.21. The van der Waals surface area contributed by atoms with E-state index in [1.807, 2.05) is 20.2 Å². The molecular formula is C17H12N2O2. The molecule has 4 heteroatoms. The second kappa shape index (κ2) is 4.88. The van der Waals surface area contributed by atoms with Gasteiger partial charge in [0.05, 0.1) is 11.3 Å². The molecule has 1 aromatic heterocycles. The molecule has 0 amide bonds. The molecule has 0 bridgehead atoms. The Bertz CT molecular complexity index is 861. The average molecular weight is 276 g/mol. The summed E-state index contributed by atoms with van der Waals surface area (Å²) in [5.74, 6) is 5.65. The van der Waals surface area contributed by atoms with Gasteiger partial charge < -0.3 is 0 Å². The Morgan fingerprint density at radius 1 is 1.05 bits per heavy atom. The molecule has 3 rings (SSSR count). The molecule has 0 N–H and O–H groups in total. The first-order valence-corrected chi connectivity index (χ1v) is 6.48. The van der Waals surface area contributed by atoms with Gasteiger partial charge in [-0.3, -0.25) is 14.3 Å². The molecule has 1 aliphatic rings. The van der Waals surface area contributed by atoms with Gasteiger partial charge in [0.15, 0.2) is 11.6 Å². The molecule has 0 spiro atoms. The number of ketones is 2. The maximum Gasteiger partial charge on any atom is 0.187 e. The fourth-order valence-electron chi connectivity index (χ4n) is 2.31. The largest absolute Gasteiger partial charge is 0.289 e. The van der Waals surface area contributed by atoms with Crippen molar-refractivity contribution in [2.75, 3.05) is 0 Å². The molecule has 1 aliphatic carbocycles. The highest BCUT2D eigenvalue weighted by atomic mass is 16.1. The van der Waals surface area contributed by atoms with Crippen LogP contribution in [0.5, 0.6) is 0 Å². The van der Waals surface area contributed by atoms with E-state index in [9.17, 15) is 9.59 Å². The van der Waals surface area contributed by atoms with E-state index in [0.29, 0.717) is 16.7 Å². The number of carbonyl (C=O) groups excluding carboxylic acids is 2. The summed E-state index contributed by atoms with van der Waals surface area (Å²) in [6.07, 6.45) is 4.42. The predicted octanol–water partition coefficient (Wildman–Crippen LogP) is 2.06. The molecule has 102 valence electrons. The number of benzene rings is 1. The normalized spacial score (nSPS) is 12.9. The van der Waals surface area contributed by atoms with Crippen molar-refractivity contribution < 1.29 is 9.59 Å². The highest BCUT2D eigenvalue weighted by Crippen LogP contribution is 2.20. The molecule has 0 atom stereocenters. The van der Waals surface area contributed by atoms with Crippen molar-refractivity contribution in [2.24, 2.45) is 7.05 Å². The third kappa shape index (κ3) is 2.30. The van der Waals surface area contributed by atoms with Crippen molar-refractivity contribution in [1.82, 2.24) is 9.78 Å². The lowest BCUT2D eigenvalue weighted by Crippen LogP contribution is -2.13. The molecule has 1 heterocycles. The molecule has 0 saturated heterocycles. The van der Waals surface area contributed by atoms with Crippen LogP contribution >= 0.6 is 0 Å². The van der Waals surface area contributed by atoms with E-state index in [2.05, 4.69) is 16.9 Å². The quantitative estimate of drug-likeness (QED) is 0.692. The van der Waals surface area contributed by atoms with E-state index in [1.54, 1.807) is 22.9 Å². The lowest BCUT2D eigenvalue weighted by molar-refractivity contribution is 0.0994. The van der Waals surface area contributed by atoms with E-state index in [-0.39, 0.29) is 11.6 Å². The van der Waals surface area contributed by atoms with Crippen LogP contribution in [0.4, 0.5) is 0 Å². The summed E-state index contributed by atoms with van der Waals surface area (Å²) in [4.78, 5) is 23.8. The summed E-state index contributed by atoms with van der Waals surface area (Å²) < 4.78 is 1.69. The van der Waals surface area contributed by atoms with Crippen LogP contribution in [0.15, 0.2) is 36.5 Å². The summed E-state index contributed by atoms with van der Waals surface area (Å²) in [7, 11) is 1.83. The van der Waals surface area contributed by atoms with Gasteiger partial charge in [-0.2, -0.15) is 5.10 Å². The second-order valence-corrected chi connectivity index (χ2v) is 4.84. The fraction of sp³-hybridized carbons (Fsp3) is 0.118. The van der Waals surface area contributed by atoms with Crippen LogP contribution in [0.2, 0.25) is 0 Å². The number of allylic oxidation sites excluding steroid dienone is 2. The number of rotatable bonds is 0. The van der Waals surface area contributed by atoms with Gasteiger partial charge in [-0.25, -0.2) is 0 Å². The summed E-state index contributed by atoms with van der Waals surface area (Å²) in [5.41, 5.74) is 3.01. The van der Waals surface area contributed by atoms with Crippen LogP contribution < -0.4 is 0 Å². The van der Waals surface area contributed by atoms with E-state index in [0.717, 1.165) is 11.3 Å². The molecule has 0 fully saturated rings. The third-order valence-electron chi connectivity index (χ3n) is 3.31. The number of aromatic nitrogens is 2. The van der Waals surface area contributed by atoms with Gasteiger partial charge in [-0.15, -0.1) is 0 Å². The Morgan fingerprint density at radius 2 is 1.76 bits per heavy atom. The summed E-state index contributed by atoms with van der Waals surface area (Å²) in [6.45, 7) is 1.88. The van der Waals surface area contributed by atoms with Crippen molar-refractivity contribution >= 4 is 11.6 Å². The minimum absolute atomic E-state index is 0.161. The predicted molar refractivity (Wildman–Crippen MR) is 78.2 cm³/mol. The standard InChI is InChI=1S/C17H12N2O2/c1-11-13(10-19(2)18-11)7-6-12-4-3-5-14-15(20)8-9-16(21)17(12)14/h3-5,8-10H,1-2H3. The number of hydrogen-bond acceptors (Lipinski definition) is 3. The van der Waals surface area contributed by atoms with E-state index in [1.165, 1.54) is 12.2 Å². The topological polar surface area (TPSA) is 52.0 Å². The zero-order chi connectivity index (χ0) is 15.0. The summed E-state index contributed by atoms with van der Waals surface area (Å²) >= 11 is 0. The molecule has 21 heavy (non-hydrogen) atoms. The second-order valence-electron chi connectivity index (χ2n) is 4.84. The first kappa shape index (κ1) is 13.1. The smallest absolute Gasteiger partial charge is 0.187 e. The summed E-state index contributed by atoms with van der Waals surface area (Å²) in [6, 6.07) is 5.14. The van der Waals surface area contributed by atoms with Gasteiger partial charge in [0.25, 0.3) is 0 Å². The van der Waals surface area contributed by atoms with Gasteiger partial charge in [-0.1, -0.05) is 24.0 Å². The molecule has 0 radical (unpaired) electrons. The average Bonchev–Trinajstić information content (AvgIpc) is 2.78. The van der Waals surface area contributed by atoms with Crippen molar-refractivity contribution in [3.05, 3.63) is 64.5 Å². The zero-order valence-corrected chi connectivity index (χ0v) is 11.7.